The van der Waals surface area contributed by atoms with Gasteiger partial charge in [0.25, 0.3) is 0 Å². The Morgan fingerprint density at radius 1 is 1.21 bits per heavy atom. The van der Waals surface area contributed by atoms with Crippen LogP contribution < -0.4 is 0 Å². The first kappa shape index (κ1) is 15.3. The largest absolute Gasteiger partial charge is 0.393 e. The van der Waals surface area contributed by atoms with Gasteiger partial charge in [-0.2, -0.15) is 0 Å². The summed E-state index contributed by atoms with van der Waals surface area (Å²) in [5.74, 6) is 0.700. The van der Waals surface area contributed by atoms with Gasteiger partial charge < -0.3 is 9.84 Å². The molecule has 0 aromatic heterocycles. The predicted molar refractivity (Wildman–Crippen MR) is 79.2 cm³/mol. The first-order valence-corrected chi connectivity index (χ1v) is 8.42. The number of rotatable bonds is 7. The fourth-order valence-corrected chi connectivity index (χ4v) is 4.28. The third kappa shape index (κ3) is 4.19. The van der Waals surface area contributed by atoms with E-state index in [-0.39, 0.29) is 11.5 Å². The van der Waals surface area contributed by atoms with E-state index in [1.165, 1.54) is 44.9 Å². The molecule has 2 heteroatoms. The van der Waals surface area contributed by atoms with Crippen LogP contribution in [-0.2, 0) is 4.74 Å². The van der Waals surface area contributed by atoms with Crippen LogP contribution in [0.5, 0.6) is 0 Å². The number of hydrogen-bond acceptors (Lipinski definition) is 2. The summed E-state index contributed by atoms with van der Waals surface area (Å²) in [6, 6.07) is 0. The molecular formula is C17H32O2. The molecule has 1 N–H and O–H groups in total. The van der Waals surface area contributed by atoms with Crippen LogP contribution in [-0.4, -0.2) is 23.9 Å². The lowest BCUT2D eigenvalue weighted by Gasteiger charge is -2.36. The molecule has 0 amide bonds. The van der Waals surface area contributed by atoms with E-state index in [1.807, 2.05) is 0 Å². The summed E-state index contributed by atoms with van der Waals surface area (Å²) in [4.78, 5) is 0. The Hall–Kier alpha value is -0.0800. The SMILES string of the molecule is CC(C)CC1(C(O)CCCC2CCCO2)CCCC1. The van der Waals surface area contributed by atoms with Crippen LogP contribution in [0.1, 0.15) is 78.1 Å². The predicted octanol–water partition coefficient (Wildman–Crippen LogP) is 4.30. The van der Waals surface area contributed by atoms with Crippen molar-refractivity contribution in [2.45, 2.75) is 90.3 Å². The van der Waals surface area contributed by atoms with Gasteiger partial charge in [-0.3, -0.25) is 0 Å². The third-order valence-electron chi connectivity index (χ3n) is 5.15. The summed E-state index contributed by atoms with van der Waals surface area (Å²) in [6.45, 7) is 5.53. The van der Waals surface area contributed by atoms with E-state index < -0.39 is 0 Å². The van der Waals surface area contributed by atoms with Crippen LogP contribution in [0.4, 0.5) is 0 Å². The van der Waals surface area contributed by atoms with Gasteiger partial charge >= 0.3 is 0 Å². The normalized spacial score (nSPS) is 28.1. The molecular weight excluding hydrogens is 236 g/mol. The Morgan fingerprint density at radius 2 is 1.95 bits per heavy atom. The van der Waals surface area contributed by atoms with Gasteiger partial charge in [0.2, 0.25) is 0 Å². The van der Waals surface area contributed by atoms with Crippen molar-refractivity contribution in [3.05, 3.63) is 0 Å². The van der Waals surface area contributed by atoms with E-state index in [2.05, 4.69) is 13.8 Å². The van der Waals surface area contributed by atoms with E-state index in [9.17, 15) is 5.11 Å². The zero-order valence-corrected chi connectivity index (χ0v) is 12.9. The highest BCUT2D eigenvalue weighted by molar-refractivity contribution is 4.91. The summed E-state index contributed by atoms with van der Waals surface area (Å²) in [5.41, 5.74) is 0.241. The van der Waals surface area contributed by atoms with Gasteiger partial charge in [-0.25, -0.2) is 0 Å². The van der Waals surface area contributed by atoms with Crippen molar-refractivity contribution in [1.82, 2.24) is 0 Å². The lowest BCUT2D eigenvalue weighted by atomic mass is 9.72. The van der Waals surface area contributed by atoms with Gasteiger partial charge in [0.1, 0.15) is 0 Å². The second-order valence-electron chi connectivity index (χ2n) is 7.25. The van der Waals surface area contributed by atoms with Gasteiger partial charge in [0.15, 0.2) is 0 Å². The molecule has 2 nitrogen and oxygen atoms in total. The molecule has 19 heavy (non-hydrogen) atoms. The van der Waals surface area contributed by atoms with Crippen molar-refractivity contribution < 1.29 is 9.84 Å². The minimum absolute atomic E-state index is 0.0844. The number of hydrogen-bond donors (Lipinski definition) is 1. The van der Waals surface area contributed by atoms with Crippen molar-refractivity contribution in [3.63, 3.8) is 0 Å². The molecule has 2 fully saturated rings. The molecule has 1 aliphatic carbocycles. The second kappa shape index (κ2) is 7.08. The molecule has 1 saturated carbocycles. The quantitative estimate of drug-likeness (QED) is 0.746. The molecule has 2 aliphatic rings. The molecule has 0 aromatic rings. The van der Waals surface area contributed by atoms with Crippen LogP contribution in [0, 0.1) is 11.3 Å². The standard InChI is InChI=1S/C17H32O2/c1-14(2)13-17(10-3-4-11-17)16(18)9-5-7-15-8-6-12-19-15/h14-16,18H,3-13H2,1-2H3. The maximum absolute atomic E-state index is 10.7. The maximum atomic E-state index is 10.7. The Morgan fingerprint density at radius 3 is 2.53 bits per heavy atom. The van der Waals surface area contributed by atoms with Crippen molar-refractivity contribution in [3.8, 4) is 0 Å². The first-order valence-electron chi connectivity index (χ1n) is 8.42. The van der Waals surface area contributed by atoms with E-state index in [4.69, 9.17) is 4.74 Å². The monoisotopic (exact) mass is 268 g/mol. The van der Waals surface area contributed by atoms with Crippen molar-refractivity contribution in [1.29, 1.82) is 0 Å². The lowest BCUT2D eigenvalue weighted by molar-refractivity contribution is 0.00241. The molecule has 2 unspecified atom stereocenters. The van der Waals surface area contributed by atoms with E-state index in [0.29, 0.717) is 12.0 Å². The van der Waals surface area contributed by atoms with Crippen LogP contribution in [0.3, 0.4) is 0 Å². The Kier molecular flexibility index (Phi) is 5.70. The van der Waals surface area contributed by atoms with Gasteiger partial charge in [0.05, 0.1) is 12.2 Å². The van der Waals surface area contributed by atoms with Crippen molar-refractivity contribution >= 4 is 0 Å². The van der Waals surface area contributed by atoms with Crippen molar-refractivity contribution in [2.24, 2.45) is 11.3 Å². The summed E-state index contributed by atoms with van der Waals surface area (Å²) < 4.78 is 5.67. The van der Waals surface area contributed by atoms with Gasteiger partial charge in [-0.05, 0) is 62.7 Å². The Balaban J connectivity index is 1.76. The molecule has 0 aromatic carbocycles. The summed E-state index contributed by atoms with van der Waals surface area (Å²) >= 11 is 0. The fourth-order valence-electron chi connectivity index (χ4n) is 4.28. The zero-order valence-electron chi connectivity index (χ0n) is 12.9. The molecule has 112 valence electrons. The zero-order chi connectivity index (χ0) is 13.7. The fraction of sp³-hybridized carbons (Fsp3) is 1.00. The highest BCUT2D eigenvalue weighted by atomic mass is 16.5. The minimum Gasteiger partial charge on any atom is -0.393 e. The van der Waals surface area contributed by atoms with Gasteiger partial charge in [-0.1, -0.05) is 26.7 Å². The molecule has 1 saturated heterocycles. The molecule has 1 aliphatic heterocycles. The molecule has 0 spiro atoms. The smallest absolute Gasteiger partial charge is 0.0596 e. The average Bonchev–Trinajstić information content (AvgIpc) is 3.00. The van der Waals surface area contributed by atoms with E-state index in [1.54, 1.807) is 0 Å². The van der Waals surface area contributed by atoms with Crippen molar-refractivity contribution in [2.75, 3.05) is 6.61 Å². The summed E-state index contributed by atoms with van der Waals surface area (Å²) in [5, 5.41) is 10.7. The minimum atomic E-state index is -0.0844. The lowest BCUT2D eigenvalue weighted by Crippen LogP contribution is -2.34. The van der Waals surface area contributed by atoms with E-state index >= 15 is 0 Å². The van der Waals surface area contributed by atoms with Crippen LogP contribution in [0.15, 0.2) is 0 Å². The first-order chi connectivity index (χ1) is 9.12. The number of aliphatic hydroxyl groups is 1. The molecule has 2 rings (SSSR count). The molecule has 0 bridgehead atoms. The molecule has 0 radical (unpaired) electrons. The maximum Gasteiger partial charge on any atom is 0.0596 e. The Bertz CT molecular complexity index is 250. The summed E-state index contributed by atoms with van der Waals surface area (Å²) in [6.07, 6.45) is 12.4. The third-order valence-corrected chi connectivity index (χ3v) is 5.15. The van der Waals surface area contributed by atoms with E-state index in [0.717, 1.165) is 25.9 Å². The molecule has 2 atom stereocenters. The van der Waals surface area contributed by atoms with Crippen LogP contribution >= 0.6 is 0 Å². The van der Waals surface area contributed by atoms with Crippen LogP contribution in [0.25, 0.3) is 0 Å². The number of aliphatic hydroxyl groups excluding tert-OH is 1. The summed E-state index contributed by atoms with van der Waals surface area (Å²) in [7, 11) is 0. The van der Waals surface area contributed by atoms with Crippen LogP contribution in [0.2, 0.25) is 0 Å². The highest BCUT2D eigenvalue weighted by Crippen LogP contribution is 2.47. The van der Waals surface area contributed by atoms with Gasteiger partial charge in [-0.15, -0.1) is 0 Å². The van der Waals surface area contributed by atoms with Gasteiger partial charge in [0, 0.05) is 6.61 Å². The topological polar surface area (TPSA) is 29.5 Å². The average molecular weight is 268 g/mol. The second-order valence-corrected chi connectivity index (χ2v) is 7.25. The highest BCUT2D eigenvalue weighted by Gasteiger charge is 2.40. The Labute approximate surface area is 118 Å². The molecule has 1 heterocycles. The number of ether oxygens (including phenoxy) is 1.